The molecule has 6 heteroatoms. The number of nitrogens with zero attached hydrogens (tertiary/aromatic N) is 1. The van der Waals surface area contributed by atoms with Crippen molar-refractivity contribution in [3.8, 4) is 0 Å². The number of carbonyl (C=O) groups excluding carboxylic acids is 1. The summed E-state index contributed by atoms with van der Waals surface area (Å²) in [5.74, 6) is 0.774. The zero-order chi connectivity index (χ0) is 16.2. The van der Waals surface area contributed by atoms with E-state index in [0.717, 1.165) is 31.5 Å². The van der Waals surface area contributed by atoms with Gasteiger partial charge in [-0.1, -0.05) is 17.7 Å². The average molecular weight is 326 g/mol. The number of alkyl carbamates (subject to hydrolysis) is 1. The largest absolute Gasteiger partial charge is 0.444 e. The summed E-state index contributed by atoms with van der Waals surface area (Å²) in [6, 6.07) is 5.92. The number of hydrogen-bond donors (Lipinski definition) is 2. The number of hydrogen-bond acceptors (Lipinski definition) is 4. The molecule has 2 rings (SSSR count). The van der Waals surface area contributed by atoms with Crippen LogP contribution in [0.25, 0.3) is 0 Å². The van der Waals surface area contributed by atoms with Crippen LogP contribution < -0.4 is 10.6 Å². The summed E-state index contributed by atoms with van der Waals surface area (Å²) in [5.41, 5.74) is -0.471. The highest BCUT2D eigenvalue weighted by molar-refractivity contribution is 6.29. The number of anilines is 1. The minimum atomic E-state index is -0.471. The van der Waals surface area contributed by atoms with Crippen LogP contribution >= 0.6 is 11.6 Å². The van der Waals surface area contributed by atoms with Crippen molar-refractivity contribution in [3.63, 3.8) is 0 Å². The third-order valence-corrected chi connectivity index (χ3v) is 3.67. The van der Waals surface area contributed by atoms with Gasteiger partial charge in [0.05, 0.1) is 0 Å². The lowest BCUT2D eigenvalue weighted by atomic mass is 9.91. The van der Waals surface area contributed by atoms with Gasteiger partial charge in [0.2, 0.25) is 0 Å². The van der Waals surface area contributed by atoms with Crippen LogP contribution in [0.4, 0.5) is 10.6 Å². The first-order valence-electron chi connectivity index (χ1n) is 7.70. The summed E-state index contributed by atoms with van der Waals surface area (Å²) in [6.45, 7) is 5.59. The molecule has 1 heterocycles. The van der Waals surface area contributed by atoms with Gasteiger partial charge in [-0.25, -0.2) is 9.78 Å². The van der Waals surface area contributed by atoms with E-state index >= 15 is 0 Å². The minimum absolute atomic E-state index is 0.125. The predicted octanol–water partition coefficient (Wildman–Crippen LogP) is 3.98. The number of pyridine rings is 1. The Morgan fingerprint density at radius 3 is 2.73 bits per heavy atom. The molecule has 0 bridgehead atoms. The molecule has 0 aromatic carbocycles. The molecule has 1 amide bonds. The molecular formula is C16H24ClN3O2. The van der Waals surface area contributed by atoms with E-state index in [9.17, 15) is 4.79 Å². The second-order valence-electron chi connectivity index (χ2n) is 6.70. The highest BCUT2D eigenvalue weighted by Gasteiger charge is 2.25. The van der Waals surface area contributed by atoms with E-state index in [0.29, 0.717) is 5.15 Å². The van der Waals surface area contributed by atoms with Crippen LogP contribution in [-0.4, -0.2) is 28.8 Å². The van der Waals surface area contributed by atoms with Crippen LogP contribution in [0.5, 0.6) is 0 Å². The van der Waals surface area contributed by atoms with Crippen molar-refractivity contribution in [1.82, 2.24) is 10.3 Å². The number of rotatable bonds is 3. The lowest BCUT2D eigenvalue weighted by molar-refractivity contribution is 0.0492. The van der Waals surface area contributed by atoms with Gasteiger partial charge in [0.25, 0.3) is 0 Å². The maximum Gasteiger partial charge on any atom is 0.407 e. The van der Waals surface area contributed by atoms with Gasteiger partial charge in [-0.15, -0.1) is 0 Å². The monoisotopic (exact) mass is 325 g/mol. The number of halogens is 1. The van der Waals surface area contributed by atoms with Crippen LogP contribution in [0, 0.1) is 0 Å². The lowest BCUT2D eigenvalue weighted by Crippen LogP contribution is -2.43. The van der Waals surface area contributed by atoms with Crippen LogP contribution in [0.1, 0.15) is 46.5 Å². The number of amides is 1. The van der Waals surface area contributed by atoms with Gasteiger partial charge in [-0.3, -0.25) is 0 Å². The SMILES string of the molecule is CC(C)(C)OC(=O)NC1CCCC(Nc2cccc(Cl)n2)C1. The lowest BCUT2D eigenvalue weighted by Gasteiger charge is -2.31. The van der Waals surface area contributed by atoms with Gasteiger partial charge in [0, 0.05) is 12.1 Å². The van der Waals surface area contributed by atoms with E-state index in [1.807, 2.05) is 32.9 Å². The van der Waals surface area contributed by atoms with Crippen molar-refractivity contribution in [2.75, 3.05) is 5.32 Å². The van der Waals surface area contributed by atoms with Crippen molar-refractivity contribution in [2.45, 2.75) is 64.1 Å². The molecular weight excluding hydrogens is 302 g/mol. The molecule has 2 atom stereocenters. The van der Waals surface area contributed by atoms with Crippen LogP contribution in [0.15, 0.2) is 18.2 Å². The zero-order valence-corrected chi connectivity index (χ0v) is 14.1. The maximum absolute atomic E-state index is 11.9. The molecule has 0 radical (unpaired) electrons. The number of ether oxygens (including phenoxy) is 1. The highest BCUT2D eigenvalue weighted by atomic mass is 35.5. The second-order valence-corrected chi connectivity index (χ2v) is 7.08. The van der Waals surface area contributed by atoms with Crippen molar-refractivity contribution in [2.24, 2.45) is 0 Å². The van der Waals surface area contributed by atoms with Crippen molar-refractivity contribution in [3.05, 3.63) is 23.4 Å². The highest BCUT2D eigenvalue weighted by Crippen LogP contribution is 2.22. The molecule has 122 valence electrons. The smallest absolute Gasteiger partial charge is 0.407 e. The molecule has 1 aromatic rings. The Bertz CT molecular complexity index is 516. The molecule has 22 heavy (non-hydrogen) atoms. The molecule has 1 aliphatic carbocycles. The molecule has 0 saturated heterocycles. The van der Waals surface area contributed by atoms with Crippen molar-refractivity contribution in [1.29, 1.82) is 0 Å². The Balaban J connectivity index is 1.85. The Labute approximate surface area is 136 Å². The predicted molar refractivity (Wildman–Crippen MR) is 88.3 cm³/mol. The third kappa shape index (κ3) is 5.72. The second kappa shape index (κ2) is 7.18. The van der Waals surface area contributed by atoms with Gasteiger partial charge in [0.15, 0.2) is 0 Å². The molecule has 5 nitrogen and oxygen atoms in total. The van der Waals surface area contributed by atoms with Gasteiger partial charge in [-0.05, 0) is 58.6 Å². The summed E-state index contributed by atoms with van der Waals surface area (Å²) >= 11 is 5.90. The number of nitrogens with one attached hydrogen (secondary N) is 2. The normalized spacial score (nSPS) is 22.0. The Morgan fingerprint density at radius 2 is 2.05 bits per heavy atom. The van der Waals surface area contributed by atoms with E-state index in [2.05, 4.69) is 15.6 Å². The van der Waals surface area contributed by atoms with Gasteiger partial charge < -0.3 is 15.4 Å². The summed E-state index contributed by atoms with van der Waals surface area (Å²) < 4.78 is 5.31. The van der Waals surface area contributed by atoms with Crippen molar-refractivity contribution >= 4 is 23.5 Å². The average Bonchev–Trinajstić information content (AvgIpc) is 2.36. The van der Waals surface area contributed by atoms with E-state index in [-0.39, 0.29) is 18.2 Å². The van der Waals surface area contributed by atoms with Crippen molar-refractivity contribution < 1.29 is 9.53 Å². The molecule has 2 unspecified atom stereocenters. The fourth-order valence-corrected chi connectivity index (χ4v) is 2.79. The first-order valence-corrected chi connectivity index (χ1v) is 8.08. The van der Waals surface area contributed by atoms with E-state index in [4.69, 9.17) is 16.3 Å². The summed E-state index contributed by atoms with van der Waals surface area (Å²) in [7, 11) is 0. The fourth-order valence-electron chi connectivity index (χ4n) is 2.62. The quantitative estimate of drug-likeness (QED) is 0.825. The molecule has 1 aliphatic rings. The Morgan fingerprint density at radius 1 is 1.32 bits per heavy atom. The number of carbonyl (C=O) groups is 1. The maximum atomic E-state index is 11.9. The van der Waals surface area contributed by atoms with Crippen LogP contribution in [-0.2, 0) is 4.74 Å². The van der Waals surface area contributed by atoms with Gasteiger partial charge >= 0.3 is 6.09 Å². The van der Waals surface area contributed by atoms with E-state index < -0.39 is 5.60 Å². The minimum Gasteiger partial charge on any atom is -0.444 e. The molecule has 0 aliphatic heterocycles. The third-order valence-electron chi connectivity index (χ3n) is 3.46. The molecule has 1 fully saturated rings. The standard InChI is InChI=1S/C16H24ClN3O2/c1-16(2,3)22-15(21)19-12-7-4-6-11(10-12)18-14-9-5-8-13(17)20-14/h5,8-9,11-12H,4,6-7,10H2,1-3H3,(H,18,20)(H,19,21). The first-order chi connectivity index (χ1) is 10.3. The molecule has 1 saturated carbocycles. The van der Waals surface area contributed by atoms with Crippen LogP contribution in [0.3, 0.4) is 0 Å². The zero-order valence-electron chi connectivity index (χ0n) is 13.4. The van der Waals surface area contributed by atoms with E-state index in [1.165, 1.54) is 0 Å². The first kappa shape index (κ1) is 16.9. The molecule has 0 spiro atoms. The summed E-state index contributed by atoms with van der Waals surface area (Å²) in [4.78, 5) is 16.1. The molecule has 1 aromatic heterocycles. The Kier molecular flexibility index (Phi) is 5.51. The number of aromatic nitrogens is 1. The molecule has 2 N–H and O–H groups in total. The summed E-state index contributed by atoms with van der Waals surface area (Å²) in [6.07, 6.45) is 3.59. The van der Waals surface area contributed by atoms with Crippen LogP contribution in [0.2, 0.25) is 5.15 Å². The topological polar surface area (TPSA) is 63.2 Å². The van der Waals surface area contributed by atoms with E-state index in [1.54, 1.807) is 6.07 Å². The fraction of sp³-hybridized carbons (Fsp3) is 0.625. The van der Waals surface area contributed by atoms with Gasteiger partial charge in [-0.2, -0.15) is 0 Å². The Hall–Kier alpha value is -1.49. The van der Waals surface area contributed by atoms with Gasteiger partial charge in [0.1, 0.15) is 16.6 Å². The summed E-state index contributed by atoms with van der Waals surface area (Å²) in [5, 5.41) is 6.82.